The van der Waals surface area contributed by atoms with Crippen LogP contribution >= 0.6 is 11.8 Å². The highest BCUT2D eigenvalue weighted by molar-refractivity contribution is 7.99. The summed E-state index contributed by atoms with van der Waals surface area (Å²) < 4.78 is 0. The highest BCUT2D eigenvalue weighted by atomic mass is 32.2. The van der Waals surface area contributed by atoms with Crippen LogP contribution in [0.2, 0.25) is 0 Å². The lowest BCUT2D eigenvalue weighted by Gasteiger charge is -2.10. The van der Waals surface area contributed by atoms with E-state index in [-0.39, 0.29) is 5.91 Å². The molecule has 1 aliphatic heterocycles. The molecule has 0 aliphatic carbocycles. The van der Waals surface area contributed by atoms with E-state index in [2.05, 4.69) is 19.1 Å². The largest absolute Gasteiger partial charge is 0.316 e. The van der Waals surface area contributed by atoms with Gasteiger partial charge in [-0.2, -0.15) is 0 Å². The standard InChI is InChI=1S/C13H18N2OS/c1-3-4-7-17-9-5-6-10-11(8-9)15(2)13(16)12(10)14/h5-6,8,12H,3-4,7,14H2,1-2H3. The van der Waals surface area contributed by atoms with Crippen molar-refractivity contribution < 1.29 is 4.79 Å². The van der Waals surface area contributed by atoms with Crippen LogP contribution in [0.4, 0.5) is 5.69 Å². The van der Waals surface area contributed by atoms with E-state index in [0.717, 1.165) is 17.0 Å². The van der Waals surface area contributed by atoms with Crippen LogP contribution in [-0.2, 0) is 4.79 Å². The molecule has 1 aromatic rings. The number of amides is 1. The molecule has 0 saturated heterocycles. The zero-order chi connectivity index (χ0) is 12.4. The number of fused-ring (bicyclic) bond motifs is 1. The van der Waals surface area contributed by atoms with Gasteiger partial charge in [-0.1, -0.05) is 19.4 Å². The first-order valence-electron chi connectivity index (χ1n) is 5.95. The van der Waals surface area contributed by atoms with Crippen LogP contribution in [0.3, 0.4) is 0 Å². The Morgan fingerprint density at radius 1 is 1.47 bits per heavy atom. The van der Waals surface area contributed by atoms with E-state index in [1.807, 2.05) is 17.8 Å². The van der Waals surface area contributed by atoms with Gasteiger partial charge in [0, 0.05) is 23.2 Å². The molecule has 1 heterocycles. The number of thioether (sulfide) groups is 1. The summed E-state index contributed by atoms with van der Waals surface area (Å²) in [6.45, 7) is 2.19. The molecule has 0 spiro atoms. The molecule has 1 aliphatic rings. The highest BCUT2D eigenvalue weighted by Gasteiger charge is 2.32. The third-order valence-corrected chi connectivity index (χ3v) is 4.14. The molecule has 0 aromatic heterocycles. The monoisotopic (exact) mass is 250 g/mol. The number of nitrogens with zero attached hydrogens (tertiary/aromatic N) is 1. The van der Waals surface area contributed by atoms with Crippen molar-refractivity contribution in [2.45, 2.75) is 30.7 Å². The fraction of sp³-hybridized carbons (Fsp3) is 0.462. The van der Waals surface area contributed by atoms with E-state index in [0.29, 0.717) is 0 Å². The lowest BCUT2D eigenvalue weighted by Crippen LogP contribution is -2.27. The Bertz CT molecular complexity index is 433. The van der Waals surface area contributed by atoms with Crippen LogP contribution in [0.15, 0.2) is 23.1 Å². The van der Waals surface area contributed by atoms with Gasteiger partial charge in [-0.15, -0.1) is 11.8 Å². The van der Waals surface area contributed by atoms with Gasteiger partial charge in [-0.05, 0) is 24.3 Å². The first kappa shape index (κ1) is 12.5. The van der Waals surface area contributed by atoms with E-state index in [4.69, 9.17) is 5.73 Å². The molecule has 0 fully saturated rings. The Kier molecular flexibility index (Phi) is 3.74. The van der Waals surface area contributed by atoms with Gasteiger partial charge in [0.2, 0.25) is 5.91 Å². The number of unbranched alkanes of at least 4 members (excludes halogenated alkanes) is 1. The van der Waals surface area contributed by atoms with Gasteiger partial charge >= 0.3 is 0 Å². The van der Waals surface area contributed by atoms with Crippen LogP contribution in [0.5, 0.6) is 0 Å². The highest BCUT2D eigenvalue weighted by Crippen LogP contribution is 2.36. The van der Waals surface area contributed by atoms with Crippen molar-refractivity contribution in [2.24, 2.45) is 5.73 Å². The molecule has 0 saturated carbocycles. The van der Waals surface area contributed by atoms with Gasteiger partial charge in [0.25, 0.3) is 0 Å². The van der Waals surface area contributed by atoms with Gasteiger partial charge in [-0.3, -0.25) is 4.79 Å². The summed E-state index contributed by atoms with van der Waals surface area (Å²) in [6, 6.07) is 5.63. The second-order valence-electron chi connectivity index (χ2n) is 4.30. The number of likely N-dealkylation sites (N-methyl/N-ethyl adjacent to an activating group) is 1. The minimum absolute atomic E-state index is 0.0179. The molecule has 3 nitrogen and oxygen atoms in total. The van der Waals surface area contributed by atoms with Crippen LogP contribution in [0.1, 0.15) is 31.4 Å². The third-order valence-electron chi connectivity index (χ3n) is 3.06. The van der Waals surface area contributed by atoms with Gasteiger partial charge in [0.1, 0.15) is 6.04 Å². The third kappa shape index (κ3) is 2.33. The second-order valence-corrected chi connectivity index (χ2v) is 5.47. The minimum Gasteiger partial charge on any atom is -0.316 e. The lowest BCUT2D eigenvalue weighted by molar-refractivity contribution is -0.118. The summed E-state index contributed by atoms with van der Waals surface area (Å²) in [5.41, 5.74) is 7.76. The minimum atomic E-state index is -0.482. The summed E-state index contributed by atoms with van der Waals surface area (Å²) in [7, 11) is 1.79. The number of rotatable bonds is 4. The number of hydrogen-bond acceptors (Lipinski definition) is 3. The predicted octanol–water partition coefficient (Wildman–Crippen LogP) is 2.55. The van der Waals surface area contributed by atoms with Crippen LogP contribution in [0, 0.1) is 0 Å². The maximum atomic E-state index is 11.7. The van der Waals surface area contributed by atoms with Crippen molar-refractivity contribution >= 4 is 23.4 Å². The van der Waals surface area contributed by atoms with Gasteiger partial charge in [0.05, 0.1) is 0 Å². The lowest BCUT2D eigenvalue weighted by atomic mass is 10.1. The van der Waals surface area contributed by atoms with Gasteiger partial charge in [-0.25, -0.2) is 0 Å². The summed E-state index contributed by atoms with van der Waals surface area (Å²) in [6.07, 6.45) is 2.43. The van der Waals surface area contributed by atoms with E-state index in [1.165, 1.54) is 17.7 Å². The first-order chi connectivity index (χ1) is 8.15. The summed E-state index contributed by atoms with van der Waals surface area (Å²) in [4.78, 5) is 14.6. The van der Waals surface area contributed by atoms with Crippen molar-refractivity contribution in [1.82, 2.24) is 0 Å². The van der Waals surface area contributed by atoms with Crippen LogP contribution in [0.25, 0.3) is 0 Å². The van der Waals surface area contributed by atoms with Gasteiger partial charge in [0.15, 0.2) is 0 Å². The molecule has 1 aromatic carbocycles. The molecule has 0 bridgehead atoms. The fourth-order valence-electron chi connectivity index (χ4n) is 1.96. The summed E-state index contributed by atoms with van der Waals surface area (Å²) in [5, 5.41) is 0. The smallest absolute Gasteiger partial charge is 0.248 e. The van der Waals surface area contributed by atoms with Crippen molar-refractivity contribution in [3.05, 3.63) is 23.8 Å². The van der Waals surface area contributed by atoms with Crippen molar-refractivity contribution in [3.63, 3.8) is 0 Å². The van der Waals surface area contributed by atoms with E-state index >= 15 is 0 Å². The van der Waals surface area contributed by atoms with Crippen LogP contribution < -0.4 is 10.6 Å². The van der Waals surface area contributed by atoms with E-state index < -0.39 is 6.04 Å². The molecule has 1 amide bonds. The molecular weight excluding hydrogens is 232 g/mol. The number of carbonyl (C=O) groups is 1. The number of carbonyl (C=O) groups excluding carboxylic acids is 1. The zero-order valence-corrected chi connectivity index (χ0v) is 11.1. The van der Waals surface area contributed by atoms with Crippen LogP contribution in [-0.4, -0.2) is 18.7 Å². The average molecular weight is 250 g/mol. The molecule has 2 rings (SSSR count). The summed E-state index contributed by atoms with van der Waals surface area (Å²) >= 11 is 1.84. The second kappa shape index (κ2) is 5.10. The summed E-state index contributed by atoms with van der Waals surface area (Å²) in [5.74, 6) is 1.11. The molecule has 1 atom stereocenters. The van der Waals surface area contributed by atoms with Crippen molar-refractivity contribution in [3.8, 4) is 0 Å². The molecule has 0 radical (unpaired) electrons. The topological polar surface area (TPSA) is 46.3 Å². The normalized spacial score (nSPS) is 18.6. The maximum absolute atomic E-state index is 11.7. The molecule has 1 unspecified atom stereocenters. The van der Waals surface area contributed by atoms with Crippen molar-refractivity contribution in [1.29, 1.82) is 0 Å². The number of hydrogen-bond donors (Lipinski definition) is 1. The van der Waals surface area contributed by atoms with Crippen molar-refractivity contribution in [2.75, 3.05) is 17.7 Å². The molecule has 92 valence electrons. The Morgan fingerprint density at radius 3 is 2.94 bits per heavy atom. The van der Waals surface area contributed by atoms with E-state index in [1.54, 1.807) is 11.9 Å². The van der Waals surface area contributed by atoms with E-state index in [9.17, 15) is 4.79 Å². The Balaban J connectivity index is 2.18. The maximum Gasteiger partial charge on any atom is 0.248 e. The fourth-order valence-corrected chi connectivity index (χ4v) is 2.99. The first-order valence-corrected chi connectivity index (χ1v) is 6.93. The molecular formula is C13H18N2OS. The number of nitrogens with two attached hydrogens (primary N) is 1. The molecule has 2 N–H and O–H groups in total. The SMILES string of the molecule is CCCCSc1ccc2c(c1)N(C)C(=O)C2N. The zero-order valence-electron chi connectivity index (χ0n) is 10.3. The molecule has 4 heteroatoms. The Labute approximate surface area is 106 Å². The van der Waals surface area contributed by atoms with Gasteiger partial charge < -0.3 is 10.6 Å². The Morgan fingerprint density at radius 2 is 2.24 bits per heavy atom. The molecule has 17 heavy (non-hydrogen) atoms. The Hall–Kier alpha value is -1.00. The predicted molar refractivity (Wildman–Crippen MR) is 72.4 cm³/mol. The average Bonchev–Trinajstić information content (AvgIpc) is 2.55. The number of benzene rings is 1. The number of anilines is 1. The quantitative estimate of drug-likeness (QED) is 0.660.